The van der Waals surface area contributed by atoms with E-state index in [0.29, 0.717) is 26.2 Å². The first-order valence-corrected chi connectivity index (χ1v) is 12.2. The largest absolute Gasteiger partial charge is 0.444 e. The Morgan fingerprint density at radius 1 is 1.14 bits per heavy atom. The molecule has 0 aliphatic carbocycles. The molecule has 0 saturated carbocycles. The number of methoxy groups -OCH3 is 1. The van der Waals surface area contributed by atoms with Crippen LogP contribution in [0.5, 0.6) is 0 Å². The van der Waals surface area contributed by atoms with Crippen LogP contribution in [0, 0.1) is 6.92 Å². The highest BCUT2D eigenvalue weighted by Crippen LogP contribution is 2.38. The number of likely N-dealkylation sites (tertiary alicyclic amines) is 1. The molecule has 1 fully saturated rings. The summed E-state index contributed by atoms with van der Waals surface area (Å²) < 4.78 is 14.5. The summed E-state index contributed by atoms with van der Waals surface area (Å²) in [6, 6.07) is 10.3. The molecule has 3 aromatic heterocycles. The van der Waals surface area contributed by atoms with Crippen LogP contribution in [0.25, 0.3) is 27.8 Å². The predicted molar refractivity (Wildman–Crippen MR) is 137 cm³/mol. The fourth-order valence-electron chi connectivity index (χ4n) is 4.40. The van der Waals surface area contributed by atoms with Crippen LogP contribution in [0.2, 0.25) is 0 Å². The lowest BCUT2D eigenvalue weighted by molar-refractivity contribution is 0.00795. The second kappa shape index (κ2) is 9.39. The summed E-state index contributed by atoms with van der Waals surface area (Å²) in [5.41, 5.74) is 5.33. The van der Waals surface area contributed by atoms with Crippen LogP contribution in [-0.2, 0) is 16.0 Å². The average Bonchev–Trinajstić information content (AvgIpc) is 3.41. The highest BCUT2D eigenvalue weighted by Gasteiger charge is 2.38. The molecule has 1 saturated heterocycles. The number of aryl methyl sites for hydroxylation is 1. The quantitative estimate of drug-likeness (QED) is 0.395. The molecule has 0 bridgehead atoms. The van der Waals surface area contributed by atoms with Crippen molar-refractivity contribution >= 4 is 17.1 Å². The van der Waals surface area contributed by atoms with E-state index in [-0.39, 0.29) is 12.0 Å². The summed E-state index contributed by atoms with van der Waals surface area (Å²) in [5.74, 6) is 0.0817. The van der Waals surface area contributed by atoms with Crippen molar-refractivity contribution in [2.75, 3.05) is 26.8 Å². The van der Waals surface area contributed by atoms with Gasteiger partial charge in [-0.05, 0) is 51.5 Å². The normalized spacial score (nSPS) is 14.3. The number of hydrogen-bond acceptors (Lipinski definition) is 6. The molecule has 1 amide bonds. The first-order valence-electron chi connectivity index (χ1n) is 12.2. The van der Waals surface area contributed by atoms with Crippen molar-refractivity contribution in [3.63, 3.8) is 0 Å². The molecule has 4 aromatic rings. The Bertz CT molecular complexity index is 1380. The molecule has 1 aromatic carbocycles. The molecule has 0 atom stereocenters. The number of amides is 1. The number of carbonyl (C=O) groups excluding carboxylic acids is 1. The van der Waals surface area contributed by atoms with Crippen molar-refractivity contribution in [1.29, 1.82) is 0 Å². The molecule has 9 heteroatoms. The Morgan fingerprint density at radius 2 is 1.89 bits per heavy atom. The lowest BCUT2D eigenvalue weighted by Gasteiger charge is -2.39. The zero-order valence-corrected chi connectivity index (χ0v) is 21.4. The number of benzene rings is 1. The van der Waals surface area contributed by atoms with Crippen LogP contribution in [-0.4, -0.2) is 67.9 Å². The molecule has 0 unspecified atom stereocenters. The number of fused-ring (bicyclic) bond motifs is 1. The topological polar surface area (TPSA) is 87.3 Å². The maximum atomic E-state index is 12.6. The summed E-state index contributed by atoms with van der Waals surface area (Å²) in [4.78, 5) is 19.0. The third-order valence-electron chi connectivity index (χ3n) is 6.26. The van der Waals surface area contributed by atoms with Gasteiger partial charge in [0.05, 0.1) is 36.1 Å². The lowest BCUT2D eigenvalue weighted by Crippen LogP contribution is -2.50. The van der Waals surface area contributed by atoms with Gasteiger partial charge in [-0.3, -0.25) is 4.68 Å². The predicted octanol–water partition coefficient (Wildman–Crippen LogP) is 4.57. The number of nitrogens with zero attached hydrogens (tertiary/aromatic N) is 6. The van der Waals surface area contributed by atoms with E-state index < -0.39 is 5.60 Å². The van der Waals surface area contributed by atoms with Crippen molar-refractivity contribution in [2.24, 2.45) is 0 Å². The second-order valence-electron chi connectivity index (χ2n) is 10.3. The van der Waals surface area contributed by atoms with Gasteiger partial charge >= 0.3 is 6.09 Å². The van der Waals surface area contributed by atoms with E-state index in [1.807, 2.05) is 54.8 Å². The average molecular weight is 489 g/mol. The van der Waals surface area contributed by atoms with Crippen LogP contribution in [0.4, 0.5) is 4.79 Å². The first-order chi connectivity index (χ1) is 17.2. The molecule has 0 radical (unpaired) electrons. The van der Waals surface area contributed by atoms with Crippen LogP contribution >= 0.6 is 0 Å². The van der Waals surface area contributed by atoms with Gasteiger partial charge in [0.15, 0.2) is 5.65 Å². The molecule has 4 heterocycles. The first kappa shape index (κ1) is 24.0. The molecule has 1 aliphatic rings. The van der Waals surface area contributed by atoms with Gasteiger partial charge in [0.25, 0.3) is 0 Å². The summed E-state index contributed by atoms with van der Waals surface area (Å²) in [5, 5.41) is 10.5. The van der Waals surface area contributed by atoms with E-state index in [0.717, 1.165) is 33.5 Å². The maximum absolute atomic E-state index is 12.6. The molecule has 0 N–H and O–H groups in total. The number of carbonyl (C=O) groups is 1. The standard InChI is InChI=1S/C27H32N6O3/c1-18-6-8-21(9-7-18)33-25-23(22(10-11-28-25)19-14-29-32(17-19)12-13-35-5)24(30-33)20-15-31(16-20)26(34)36-27(2,3)4/h6-11,14,17,20H,12-13,15-16H2,1-5H3. The highest BCUT2D eigenvalue weighted by molar-refractivity contribution is 5.96. The number of ether oxygens (including phenoxy) is 2. The van der Waals surface area contributed by atoms with Gasteiger partial charge in [-0.15, -0.1) is 0 Å². The van der Waals surface area contributed by atoms with E-state index in [4.69, 9.17) is 19.6 Å². The zero-order valence-electron chi connectivity index (χ0n) is 21.4. The van der Waals surface area contributed by atoms with E-state index in [2.05, 4.69) is 36.3 Å². The molecule has 188 valence electrons. The third kappa shape index (κ3) is 4.70. The van der Waals surface area contributed by atoms with Gasteiger partial charge in [0.2, 0.25) is 0 Å². The minimum atomic E-state index is -0.526. The Kier molecular flexibility index (Phi) is 6.26. The summed E-state index contributed by atoms with van der Waals surface area (Å²) in [6.45, 7) is 10.1. The van der Waals surface area contributed by atoms with Crippen molar-refractivity contribution in [3.8, 4) is 16.8 Å². The van der Waals surface area contributed by atoms with Gasteiger partial charge in [-0.1, -0.05) is 17.7 Å². The van der Waals surface area contributed by atoms with Crippen LogP contribution in [0.15, 0.2) is 48.9 Å². The minimum Gasteiger partial charge on any atom is -0.444 e. The van der Waals surface area contributed by atoms with Gasteiger partial charge in [-0.25, -0.2) is 14.5 Å². The van der Waals surface area contributed by atoms with Crippen molar-refractivity contribution in [3.05, 3.63) is 60.2 Å². The molecule has 0 spiro atoms. The highest BCUT2D eigenvalue weighted by atomic mass is 16.6. The van der Waals surface area contributed by atoms with Gasteiger partial charge < -0.3 is 14.4 Å². The van der Waals surface area contributed by atoms with E-state index >= 15 is 0 Å². The summed E-state index contributed by atoms with van der Waals surface area (Å²) in [6.07, 6.45) is 5.41. The molecular weight excluding hydrogens is 456 g/mol. The zero-order chi connectivity index (χ0) is 25.4. The minimum absolute atomic E-state index is 0.0817. The molecule has 1 aliphatic heterocycles. The maximum Gasteiger partial charge on any atom is 0.410 e. The Labute approximate surface area is 210 Å². The summed E-state index contributed by atoms with van der Waals surface area (Å²) in [7, 11) is 1.68. The number of rotatable bonds is 6. The third-order valence-corrected chi connectivity index (χ3v) is 6.26. The van der Waals surface area contributed by atoms with Gasteiger partial charge in [-0.2, -0.15) is 10.2 Å². The fourth-order valence-corrected chi connectivity index (χ4v) is 4.40. The number of aromatic nitrogens is 5. The monoisotopic (exact) mass is 488 g/mol. The Balaban J connectivity index is 1.55. The van der Waals surface area contributed by atoms with Crippen LogP contribution in [0.1, 0.15) is 37.9 Å². The number of hydrogen-bond donors (Lipinski definition) is 0. The van der Waals surface area contributed by atoms with E-state index in [1.165, 1.54) is 5.56 Å². The molecule has 36 heavy (non-hydrogen) atoms. The van der Waals surface area contributed by atoms with E-state index in [1.54, 1.807) is 12.0 Å². The molecular formula is C27H32N6O3. The van der Waals surface area contributed by atoms with Crippen LogP contribution < -0.4 is 0 Å². The molecule has 9 nitrogen and oxygen atoms in total. The molecule has 5 rings (SSSR count). The van der Waals surface area contributed by atoms with E-state index in [9.17, 15) is 4.79 Å². The Hall–Kier alpha value is -3.72. The van der Waals surface area contributed by atoms with Crippen molar-refractivity contribution in [2.45, 2.75) is 45.8 Å². The lowest BCUT2D eigenvalue weighted by atomic mass is 9.92. The van der Waals surface area contributed by atoms with Gasteiger partial charge in [0, 0.05) is 44.1 Å². The van der Waals surface area contributed by atoms with Crippen molar-refractivity contribution < 1.29 is 14.3 Å². The SMILES string of the molecule is COCCn1cc(-c2ccnc3c2c(C2CN(C(=O)OC(C)(C)C)C2)nn3-c2ccc(C)cc2)cn1. The van der Waals surface area contributed by atoms with Crippen LogP contribution in [0.3, 0.4) is 0 Å². The second-order valence-corrected chi connectivity index (χ2v) is 10.3. The fraction of sp³-hybridized carbons (Fsp3) is 0.407. The van der Waals surface area contributed by atoms with Gasteiger partial charge in [0.1, 0.15) is 5.60 Å². The smallest absolute Gasteiger partial charge is 0.410 e. The Morgan fingerprint density at radius 3 is 2.58 bits per heavy atom. The van der Waals surface area contributed by atoms with Crippen molar-refractivity contribution in [1.82, 2.24) is 29.4 Å². The number of pyridine rings is 1. The summed E-state index contributed by atoms with van der Waals surface area (Å²) >= 11 is 0.